The second kappa shape index (κ2) is 7.88. The van der Waals surface area contributed by atoms with Gasteiger partial charge in [-0.1, -0.05) is 0 Å². The number of fused-ring (bicyclic) bond motifs is 1. The fourth-order valence-corrected chi connectivity index (χ4v) is 3.14. The molecule has 2 aliphatic rings. The molecule has 150 valence electrons. The summed E-state index contributed by atoms with van der Waals surface area (Å²) in [6, 6.07) is 8.91. The topological polar surface area (TPSA) is 97.0 Å². The van der Waals surface area contributed by atoms with Crippen LogP contribution in [-0.4, -0.2) is 37.0 Å². The molecule has 4 rings (SSSR count). The maximum Gasteiger partial charge on any atom is 0.265 e. The Morgan fingerprint density at radius 2 is 1.76 bits per heavy atom. The lowest BCUT2D eigenvalue weighted by Crippen LogP contribution is -2.48. The molecule has 1 saturated heterocycles. The van der Waals surface area contributed by atoms with E-state index in [0.717, 1.165) is 11.3 Å². The fourth-order valence-electron chi connectivity index (χ4n) is 3.14. The van der Waals surface area contributed by atoms with E-state index >= 15 is 0 Å². The van der Waals surface area contributed by atoms with Crippen LogP contribution < -0.4 is 25.2 Å². The van der Waals surface area contributed by atoms with Crippen LogP contribution in [-0.2, 0) is 9.59 Å². The molecule has 0 spiro atoms. The van der Waals surface area contributed by atoms with Gasteiger partial charge in [-0.25, -0.2) is 14.7 Å². The molecule has 0 aromatic heterocycles. The zero-order valence-corrected chi connectivity index (χ0v) is 15.3. The molecule has 8 nitrogen and oxygen atoms in total. The van der Waals surface area contributed by atoms with Crippen molar-refractivity contribution in [3.63, 3.8) is 0 Å². The average Bonchev–Trinajstić information content (AvgIpc) is 2.87. The lowest BCUT2D eigenvalue weighted by Gasteiger charge is -2.16. The van der Waals surface area contributed by atoms with E-state index in [1.165, 1.54) is 24.3 Å². The summed E-state index contributed by atoms with van der Waals surface area (Å²) in [5.74, 6) is -0.876. The standard InChI is InChI=1S/C20H18FN3O5/c21-13-3-5-14(6-4-13)24-18(25)11-15(20(24)27)22-23-19(26)12-2-7-16-17(10-12)29-9-1-8-28-16/h2-7,10,15,22H,1,8-9,11H2,(H,23,26). The molecule has 1 atom stereocenters. The number of halogens is 1. The van der Waals surface area contributed by atoms with Gasteiger partial charge in [-0.05, 0) is 42.5 Å². The van der Waals surface area contributed by atoms with Crippen LogP contribution in [0.2, 0.25) is 0 Å². The molecule has 9 heteroatoms. The minimum atomic E-state index is -0.920. The number of imide groups is 1. The Hall–Kier alpha value is -3.46. The van der Waals surface area contributed by atoms with Crippen molar-refractivity contribution in [2.75, 3.05) is 18.1 Å². The molecule has 0 bridgehead atoms. The summed E-state index contributed by atoms with van der Waals surface area (Å²) >= 11 is 0. The van der Waals surface area contributed by atoms with Gasteiger partial charge in [-0.2, -0.15) is 0 Å². The second-order valence-corrected chi connectivity index (χ2v) is 6.61. The molecule has 1 fully saturated rings. The van der Waals surface area contributed by atoms with E-state index < -0.39 is 29.6 Å². The second-order valence-electron chi connectivity index (χ2n) is 6.61. The highest BCUT2D eigenvalue weighted by Gasteiger charge is 2.39. The average molecular weight is 399 g/mol. The smallest absolute Gasteiger partial charge is 0.265 e. The van der Waals surface area contributed by atoms with Crippen LogP contribution >= 0.6 is 0 Å². The van der Waals surface area contributed by atoms with Gasteiger partial charge in [-0.3, -0.25) is 19.8 Å². The lowest BCUT2D eigenvalue weighted by molar-refractivity contribution is -0.121. The van der Waals surface area contributed by atoms with Crippen molar-refractivity contribution < 1.29 is 28.2 Å². The van der Waals surface area contributed by atoms with E-state index in [-0.39, 0.29) is 12.1 Å². The Kier molecular flexibility index (Phi) is 5.13. The molecule has 1 unspecified atom stereocenters. The number of rotatable bonds is 4. The quantitative estimate of drug-likeness (QED) is 0.598. The van der Waals surface area contributed by atoms with Crippen molar-refractivity contribution >= 4 is 23.4 Å². The van der Waals surface area contributed by atoms with Crippen molar-refractivity contribution in [1.29, 1.82) is 0 Å². The normalized spacial score (nSPS) is 18.5. The molecular formula is C20H18FN3O5. The lowest BCUT2D eigenvalue weighted by atomic mass is 10.2. The van der Waals surface area contributed by atoms with E-state index in [1.54, 1.807) is 18.2 Å². The zero-order chi connectivity index (χ0) is 20.4. The molecule has 2 aliphatic heterocycles. The highest BCUT2D eigenvalue weighted by molar-refractivity contribution is 6.22. The van der Waals surface area contributed by atoms with E-state index in [2.05, 4.69) is 10.9 Å². The SMILES string of the molecule is O=C(NNC1CC(=O)N(c2ccc(F)cc2)C1=O)c1ccc2c(c1)OCCCO2. The highest BCUT2D eigenvalue weighted by atomic mass is 19.1. The Labute approximate surface area is 165 Å². The zero-order valence-electron chi connectivity index (χ0n) is 15.3. The number of carbonyl (C=O) groups is 3. The molecule has 0 saturated carbocycles. The van der Waals surface area contributed by atoms with Crippen molar-refractivity contribution in [1.82, 2.24) is 10.9 Å². The van der Waals surface area contributed by atoms with Crippen molar-refractivity contribution in [3.8, 4) is 11.5 Å². The van der Waals surface area contributed by atoms with E-state index in [9.17, 15) is 18.8 Å². The number of hydrogen-bond acceptors (Lipinski definition) is 6. The summed E-state index contributed by atoms with van der Waals surface area (Å²) in [4.78, 5) is 38.2. The van der Waals surface area contributed by atoms with E-state index in [0.29, 0.717) is 30.3 Å². The molecule has 0 radical (unpaired) electrons. The van der Waals surface area contributed by atoms with Crippen LogP contribution in [0.5, 0.6) is 11.5 Å². The van der Waals surface area contributed by atoms with Crippen LogP contribution in [0.25, 0.3) is 0 Å². The molecule has 3 amide bonds. The van der Waals surface area contributed by atoms with Crippen LogP contribution in [0.1, 0.15) is 23.2 Å². The summed E-state index contributed by atoms with van der Waals surface area (Å²) in [5, 5.41) is 0. The summed E-state index contributed by atoms with van der Waals surface area (Å²) in [6.07, 6.45) is 0.623. The van der Waals surface area contributed by atoms with Gasteiger partial charge >= 0.3 is 0 Å². The van der Waals surface area contributed by atoms with Gasteiger partial charge in [0.25, 0.3) is 11.8 Å². The third-order valence-electron chi connectivity index (χ3n) is 4.60. The van der Waals surface area contributed by atoms with Gasteiger partial charge in [-0.15, -0.1) is 0 Å². The van der Waals surface area contributed by atoms with Crippen molar-refractivity contribution in [2.45, 2.75) is 18.9 Å². The summed E-state index contributed by atoms with van der Waals surface area (Å²) in [7, 11) is 0. The third-order valence-corrected chi connectivity index (χ3v) is 4.60. The minimum absolute atomic E-state index is 0.127. The first-order valence-corrected chi connectivity index (χ1v) is 9.11. The van der Waals surface area contributed by atoms with Gasteiger partial charge < -0.3 is 9.47 Å². The highest BCUT2D eigenvalue weighted by Crippen LogP contribution is 2.30. The number of hydrogen-bond donors (Lipinski definition) is 2. The predicted octanol–water partition coefficient (Wildman–Crippen LogP) is 1.55. The molecule has 2 aromatic carbocycles. The van der Waals surface area contributed by atoms with Crippen LogP contribution in [0.3, 0.4) is 0 Å². The molecule has 2 N–H and O–H groups in total. The van der Waals surface area contributed by atoms with Crippen molar-refractivity contribution in [2.24, 2.45) is 0 Å². The maximum atomic E-state index is 13.1. The molecule has 2 heterocycles. The number of benzene rings is 2. The van der Waals surface area contributed by atoms with Crippen molar-refractivity contribution in [3.05, 3.63) is 53.8 Å². The van der Waals surface area contributed by atoms with Gasteiger partial charge in [0.15, 0.2) is 11.5 Å². The molecule has 29 heavy (non-hydrogen) atoms. The van der Waals surface area contributed by atoms with Crippen LogP contribution in [0.4, 0.5) is 10.1 Å². The Bertz CT molecular complexity index is 963. The van der Waals surface area contributed by atoms with E-state index in [1.807, 2.05) is 0 Å². The summed E-state index contributed by atoms with van der Waals surface area (Å²) < 4.78 is 24.2. The number of nitrogens with zero attached hydrogens (tertiary/aromatic N) is 1. The first kappa shape index (κ1) is 18.9. The first-order valence-electron chi connectivity index (χ1n) is 9.11. The summed E-state index contributed by atoms with van der Waals surface area (Å²) in [5.41, 5.74) is 5.65. The maximum absolute atomic E-state index is 13.1. The van der Waals surface area contributed by atoms with Gasteiger partial charge in [0.2, 0.25) is 5.91 Å². The predicted molar refractivity (Wildman–Crippen MR) is 99.9 cm³/mol. The van der Waals surface area contributed by atoms with Crippen LogP contribution in [0.15, 0.2) is 42.5 Å². The third kappa shape index (κ3) is 3.90. The van der Waals surface area contributed by atoms with Gasteiger partial charge in [0.1, 0.15) is 11.9 Å². The van der Waals surface area contributed by atoms with Gasteiger partial charge in [0.05, 0.1) is 25.3 Å². The molecular weight excluding hydrogens is 381 g/mol. The number of carbonyl (C=O) groups excluding carboxylic acids is 3. The van der Waals surface area contributed by atoms with E-state index in [4.69, 9.17) is 9.47 Å². The number of ether oxygens (including phenoxy) is 2. The number of hydrazine groups is 1. The van der Waals surface area contributed by atoms with Crippen LogP contribution in [0, 0.1) is 5.82 Å². The fraction of sp³-hybridized carbons (Fsp3) is 0.250. The molecule has 2 aromatic rings. The number of anilines is 1. The Balaban J connectivity index is 1.41. The molecule has 0 aliphatic carbocycles. The number of nitrogens with one attached hydrogen (secondary N) is 2. The Morgan fingerprint density at radius 1 is 1.03 bits per heavy atom. The monoisotopic (exact) mass is 399 g/mol. The minimum Gasteiger partial charge on any atom is -0.490 e. The van der Waals surface area contributed by atoms with Gasteiger partial charge in [0, 0.05) is 12.0 Å². The number of amides is 3. The first-order chi connectivity index (χ1) is 14.0. The largest absolute Gasteiger partial charge is 0.490 e. The Morgan fingerprint density at radius 3 is 2.52 bits per heavy atom. The summed E-state index contributed by atoms with van der Waals surface area (Å²) in [6.45, 7) is 1.04.